The van der Waals surface area contributed by atoms with Crippen LogP contribution in [0.3, 0.4) is 0 Å². The molecule has 0 fully saturated rings. The molecule has 4 N–H and O–H groups in total. The summed E-state index contributed by atoms with van der Waals surface area (Å²) < 4.78 is 4.06. The number of nitrogens with zero attached hydrogens (tertiary/aromatic N) is 2. The molecule has 0 aliphatic heterocycles. The first-order valence-corrected chi connectivity index (χ1v) is 7.02. The standard InChI is InChI=1S/C12H23N5OS/c1-7(2)8(6-17(4)5)15-12-9(11(18)14-3)10(13)16-19-12/h7-8,15H,6H2,1-5H3,(H2,13,16)(H,14,18). The summed E-state index contributed by atoms with van der Waals surface area (Å²) in [6.07, 6.45) is 0. The van der Waals surface area contributed by atoms with E-state index < -0.39 is 0 Å². The van der Waals surface area contributed by atoms with Gasteiger partial charge in [0, 0.05) is 19.6 Å². The molecule has 6 nitrogen and oxygen atoms in total. The summed E-state index contributed by atoms with van der Waals surface area (Å²) in [4.78, 5) is 13.9. The van der Waals surface area contributed by atoms with Crippen molar-refractivity contribution in [1.82, 2.24) is 14.6 Å². The summed E-state index contributed by atoms with van der Waals surface area (Å²) in [5.41, 5.74) is 6.20. The lowest BCUT2D eigenvalue weighted by molar-refractivity contribution is 0.0965. The van der Waals surface area contributed by atoms with Gasteiger partial charge in [-0.3, -0.25) is 4.79 Å². The Bertz CT molecular complexity index is 430. The summed E-state index contributed by atoms with van der Waals surface area (Å²) >= 11 is 1.23. The van der Waals surface area contributed by atoms with Crippen LogP contribution in [0.5, 0.6) is 0 Å². The van der Waals surface area contributed by atoms with Gasteiger partial charge in [-0.25, -0.2) is 0 Å². The number of nitrogens with one attached hydrogen (secondary N) is 2. The quantitative estimate of drug-likeness (QED) is 0.728. The number of hydrogen-bond donors (Lipinski definition) is 3. The van der Waals surface area contributed by atoms with Crippen LogP contribution >= 0.6 is 11.5 Å². The van der Waals surface area contributed by atoms with Crippen LogP contribution in [0.15, 0.2) is 0 Å². The number of carbonyl (C=O) groups excluding carboxylic acids is 1. The molecule has 1 amide bonds. The highest BCUT2D eigenvalue weighted by atomic mass is 32.1. The van der Waals surface area contributed by atoms with Gasteiger partial charge in [-0.05, 0) is 31.5 Å². The molecule has 0 saturated heterocycles. The van der Waals surface area contributed by atoms with Gasteiger partial charge >= 0.3 is 0 Å². The van der Waals surface area contributed by atoms with Gasteiger partial charge < -0.3 is 21.3 Å². The number of carbonyl (C=O) groups is 1. The molecule has 0 spiro atoms. The largest absolute Gasteiger partial charge is 0.382 e. The van der Waals surface area contributed by atoms with Gasteiger partial charge in [0.25, 0.3) is 5.91 Å². The molecule has 0 aliphatic carbocycles. The first kappa shape index (κ1) is 15.7. The smallest absolute Gasteiger partial charge is 0.257 e. The van der Waals surface area contributed by atoms with E-state index in [2.05, 4.69) is 33.8 Å². The molecule has 0 aromatic carbocycles. The Hall–Kier alpha value is -1.34. The number of nitrogens with two attached hydrogens (primary N) is 1. The molecule has 0 aliphatic rings. The summed E-state index contributed by atoms with van der Waals surface area (Å²) in [5.74, 6) is 0.503. The number of anilines is 2. The van der Waals surface area contributed by atoms with Crippen LogP contribution in [-0.2, 0) is 0 Å². The number of hydrogen-bond acceptors (Lipinski definition) is 6. The fraction of sp³-hybridized carbons (Fsp3) is 0.667. The van der Waals surface area contributed by atoms with Crippen LogP contribution in [0.1, 0.15) is 24.2 Å². The van der Waals surface area contributed by atoms with Crippen molar-refractivity contribution in [2.24, 2.45) is 5.92 Å². The van der Waals surface area contributed by atoms with Crippen LogP contribution in [0, 0.1) is 5.92 Å². The van der Waals surface area contributed by atoms with Crippen molar-refractivity contribution in [2.45, 2.75) is 19.9 Å². The van der Waals surface area contributed by atoms with Crippen molar-refractivity contribution >= 4 is 28.3 Å². The predicted molar refractivity (Wildman–Crippen MR) is 80.7 cm³/mol. The van der Waals surface area contributed by atoms with Crippen molar-refractivity contribution in [1.29, 1.82) is 0 Å². The van der Waals surface area contributed by atoms with Gasteiger partial charge in [0.1, 0.15) is 10.6 Å². The van der Waals surface area contributed by atoms with E-state index in [-0.39, 0.29) is 17.8 Å². The fourth-order valence-electron chi connectivity index (χ4n) is 1.73. The van der Waals surface area contributed by atoms with E-state index in [4.69, 9.17) is 5.73 Å². The lowest BCUT2D eigenvalue weighted by atomic mass is 10.0. The number of rotatable bonds is 6. The van der Waals surface area contributed by atoms with E-state index in [9.17, 15) is 4.79 Å². The van der Waals surface area contributed by atoms with Gasteiger partial charge in [0.2, 0.25) is 0 Å². The molecule has 1 aromatic heterocycles. The molecular formula is C12H23N5OS. The van der Waals surface area contributed by atoms with Gasteiger partial charge in [-0.1, -0.05) is 13.8 Å². The third kappa shape index (κ3) is 4.07. The Morgan fingerprint density at radius 2 is 2.11 bits per heavy atom. The first-order valence-electron chi connectivity index (χ1n) is 6.25. The topological polar surface area (TPSA) is 83.3 Å². The second kappa shape index (κ2) is 6.72. The van der Waals surface area contributed by atoms with Crippen LogP contribution in [-0.4, -0.2) is 48.9 Å². The van der Waals surface area contributed by atoms with Crippen molar-refractivity contribution in [3.8, 4) is 0 Å². The number of aromatic nitrogens is 1. The van der Waals surface area contributed by atoms with Crippen molar-refractivity contribution in [2.75, 3.05) is 38.7 Å². The zero-order valence-electron chi connectivity index (χ0n) is 12.2. The van der Waals surface area contributed by atoms with E-state index in [0.717, 1.165) is 11.5 Å². The molecule has 108 valence electrons. The molecule has 19 heavy (non-hydrogen) atoms. The molecule has 1 unspecified atom stereocenters. The molecule has 7 heteroatoms. The summed E-state index contributed by atoms with van der Waals surface area (Å²) in [5, 5.41) is 6.71. The van der Waals surface area contributed by atoms with Crippen molar-refractivity contribution in [3.05, 3.63) is 5.56 Å². The Labute approximate surface area is 118 Å². The van der Waals surface area contributed by atoms with Gasteiger partial charge in [0.05, 0.1) is 0 Å². The SMILES string of the molecule is CNC(=O)c1c(N)nsc1NC(CN(C)C)C(C)C. The van der Waals surface area contributed by atoms with Crippen LogP contribution in [0.2, 0.25) is 0 Å². The minimum atomic E-state index is -0.207. The highest BCUT2D eigenvalue weighted by Crippen LogP contribution is 2.28. The van der Waals surface area contributed by atoms with Crippen molar-refractivity contribution in [3.63, 3.8) is 0 Å². The van der Waals surface area contributed by atoms with Crippen LogP contribution in [0.4, 0.5) is 10.8 Å². The minimum Gasteiger partial charge on any atom is -0.382 e. The average Bonchev–Trinajstić information content (AvgIpc) is 2.68. The Balaban J connectivity index is 2.94. The zero-order valence-corrected chi connectivity index (χ0v) is 13.0. The number of amides is 1. The summed E-state index contributed by atoms with van der Waals surface area (Å²) in [6, 6.07) is 0.234. The normalized spacial score (nSPS) is 12.8. The van der Waals surface area contributed by atoms with Gasteiger partial charge in [-0.15, -0.1) is 0 Å². The maximum absolute atomic E-state index is 11.8. The maximum Gasteiger partial charge on any atom is 0.257 e. The second-order valence-electron chi connectivity index (χ2n) is 5.11. The minimum absolute atomic E-state index is 0.207. The van der Waals surface area contributed by atoms with Gasteiger partial charge in [-0.2, -0.15) is 4.37 Å². The number of nitrogen functional groups attached to an aromatic ring is 1. The van der Waals surface area contributed by atoms with E-state index in [0.29, 0.717) is 11.5 Å². The molecule has 1 rings (SSSR count). The van der Waals surface area contributed by atoms with E-state index in [1.807, 2.05) is 14.1 Å². The molecular weight excluding hydrogens is 262 g/mol. The highest BCUT2D eigenvalue weighted by Gasteiger charge is 2.22. The Morgan fingerprint density at radius 1 is 1.47 bits per heavy atom. The highest BCUT2D eigenvalue weighted by molar-refractivity contribution is 7.11. The Morgan fingerprint density at radius 3 is 2.58 bits per heavy atom. The third-order valence-electron chi connectivity index (χ3n) is 2.86. The number of likely N-dealkylation sites (N-methyl/N-ethyl adjacent to an activating group) is 1. The maximum atomic E-state index is 11.8. The molecule has 0 radical (unpaired) electrons. The average molecular weight is 285 g/mol. The molecule has 0 saturated carbocycles. The molecule has 1 heterocycles. The van der Waals surface area contributed by atoms with Crippen LogP contribution in [0.25, 0.3) is 0 Å². The molecule has 1 aromatic rings. The van der Waals surface area contributed by atoms with E-state index in [1.54, 1.807) is 7.05 Å². The lowest BCUT2D eigenvalue weighted by Gasteiger charge is -2.26. The van der Waals surface area contributed by atoms with Crippen LogP contribution < -0.4 is 16.4 Å². The van der Waals surface area contributed by atoms with E-state index >= 15 is 0 Å². The lowest BCUT2D eigenvalue weighted by Crippen LogP contribution is -2.36. The third-order valence-corrected chi connectivity index (χ3v) is 3.65. The molecule has 1 atom stereocenters. The van der Waals surface area contributed by atoms with Gasteiger partial charge in [0.15, 0.2) is 5.82 Å². The van der Waals surface area contributed by atoms with E-state index in [1.165, 1.54) is 11.5 Å². The second-order valence-corrected chi connectivity index (χ2v) is 5.88. The predicted octanol–water partition coefficient (Wildman–Crippen LogP) is 1.08. The zero-order chi connectivity index (χ0) is 14.6. The fourth-order valence-corrected chi connectivity index (χ4v) is 2.50. The molecule has 0 bridgehead atoms. The first-order chi connectivity index (χ1) is 8.86. The summed E-state index contributed by atoms with van der Waals surface area (Å²) in [6.45, 7) is 5.17. The van der Waals surface area contributed by atoms with Crippen molar-refractivity contribution < 1.29 is 4.79 Å². The monoisotopic (exact) mass is 285 g/mol. The summed E-state index contributed by atoms with van der Waals surface area (Å²) in [7, 11) is 5.64. The Kier molecular flexibility index (Phi) is 5.56.